The number of hydrogen-bond donors (Lipinski definition) is 0. The molecule has 122 valence electrons. The Morgan fingerprint density at radius 1 is 1.22 bits per heavy atom. The van der Waals surface area contributed by atoms with E-state index < -0.39 is 0 Å². The lowest BCUT2D eigenvalue weighted by molar-refractivity contribution is 0.152. The van der Waals surface area contributed by atoms with Crippen LogP contribution in [-0.2, 0) is 0 Å². The zero-order chi connectivity index (χ0) is 16.4. The van der Waals surface area contributed by atoms with E-state index >= 15 is 0 Å². The highest BCUT2D eigenvalue weighted by Gasteiger charge is 2.28. The van der Waals surface area contributed by atoms with Crippen molar-refractivity contribution in [3.8, 4) is 11.4 Å². The number of aromatic nitrogens is 2. The van der Waals surface area contributed by atoms with Gasteiger partial charge >= 0.3 is 6.03 Å². The average Bonchev–Trinajstić information content (AvgIpc) is 3.05. The third-order valence-corrected chi connectivity index (χ3v) is 4.25. The summed E-state index contributed by atoms with van der Waals surface area (Å²) in [6.07, 6.45) is 1.71. The van der Waals surface area contributed by atoms with Crippen LogP contribution < -0.4 is 0 Å². The molecule has 1 fully saturated rings. The quantitative estimate of drug-likeness (QED) is 0.855. The average molecular weight is 314 g/mol. The fraction of sp³-hybridized carbons (Fsp3) is 0.471. The minimum Gasteiger partial charge on any atom is -0.339 e. The SMILES string of the molecule is Cc1ccc(-c2noc(C3CCN(C(=O)N(C)C)CC3)n2)cc1. The van der Waals surface area contributed by atoms with Gasteiger partial charge in [0.05, 0.1) is 0 Å². The standard InChI is InChI=1S/C17H22N4O2/c1-12-4-6-13(7-5-12)15-18-16(23-19-15)14-8-10-21(11-9-14)17(22)20(2)3/h4-7,14H,8-11H2,1-3H3. The Morgan fingerprint density at radius 3 is 2.48 bits per heavy atom. The van der Waals surface area contributed by atoms with E-state index in [4.69, 9.17) is 4.52 Å². The van der Waals surface area contributed by atoms with Gasteiger partial charge in [-0.05, 0) is 19.8 Å². The molecule has 2 aromatic rings. The van der Waals surface area contributed by atoms with Crippen LogP contribution in [0.5, 0.6) is 0 Å². The second kappa shape index (κ2) is 6.40. The zero-order valence-electron chi connectivity index (χ0n) is 13.8. The number of amides is 2. The number of rotatable bonds is 2. The fourth-order valence-corrected chi connectivity index (χ4v) is 2.82. The minimum absolute atomic E-state index is 0.0642. The van der Waals surface area contributed by atoms with Crippen molar-refractivity contribution in [2.75, 3.05) is 27.2 Å². The summed E-state index contributed by atoms with van der Waals surface area (Å²) in [7, 11) is 3.56. The first-order chi connectivity index (χ1) is 11.0. The maximum absolute atomic E-state index is 12.0. The maximum atomic E-state index is 12.0. The lowest BCUT2D eigenvalue weighted by atomic mass is 9.97. The summed E-state index contributed by atoms with van der Waals surface area (Å²) in [5.41, 5.74) is 2.17. The number of piperidine rings is 1. The molecule has 0 spiro atoms. The number of carbonyl (C=O) groups is 1. The predicted molar refractivity (Wildman–Crippen MR) is 87.1 cm³/mol. The largest absolute Gasteiger partial charge is 0.339 e. The van der Waals surface area contributed by atoms with E-state index in [1.807, 2.05) is 36.1 Å². The number of aryl methyl sites for hydroxylation is 1. The predicted octanol–water partition coefficient (Wildman–Crippen LogP) is 2.91. The highest BCUT2D eigenvalue weighted by atomic mass is 16.5. The van der Waals surface area contributed by atoms with Crippen LogP contribution in [0.3, 0.4) is 0 Å². The summed E-state index contributed by atoms with van der Waals surface area (Å²) in [5, 5.41) is 4.10. The molecule has 0 saturated carbocycles. The van der Waals surface area contributed by atoms with Gasteiger partial charge in [0.1, 0.15) is 0 Å². The first-order valence-corrected chi connectivity index (χ1v) is 7.91. The van der Waals surface area contributed by atoms with Crippen LogP contribution in [-0.4, -0.2) is 53.2 Å². The lowest BCUT2D eigenvalue weighted by Gasteiger charge is -2.32. The Kier molecular flexibility index (Phi) is 4.32. The van der Waals surface area contributed by atoms with Gasteiger partial charge in [0, 0.05) is 38.7 Å². The van der Waals surface area contributed by atoms with Gasteiger partial charge in [-0.2, -0.15) is 4.98 Å². The lowest BCUT2D eigenvalue weighted by Crippen LogP contribution is -2.43. The third kappa shape index (κ3) is 3.36. The summed E-state index contributed by atoms with van der Waals surface area (Å²) in [5.74, 6) is 1.54. The Bertz CT molecular complexity index is 670. The zero-order valence-corrected chi connectivity index (χ0v) is 13.8. The maximum Gasteiger partial charge on any atom is 0.319 e. The number of carbonyl (C=O) groups excluding carboxylic acids is 1. The van der Waals surface area contributed by atoms with E-state index in [2.05, 4.69) is 10.1 Å². The molecule has 2 heterocycles. The van der Waals surface area contributed by atoms with Crippen molar-refractivity contribution in [3.05, 3.63) is 35.7 Å². The first kappa shape index (κ1) is 15.5. The van der Waals surface area contributed by atoms with Crippen molar-refractivity contribution in [1.82, 2.24) is 19.9 Å². The van der Waals surface area contributed by atoms with Crippen molar-refractivity contribution < 1.29 is 9.32 Å². The van der Waals surface area contributed by atoms with E-state index in [9.17, 15) is 4.79 Å². The van der Waals surface area contributed by atoms with Crippen LogP contribution in [0.1, 0.15) is 30.2 Å². The molecular weight excluding hydrogens is 292 g/mol. The number of urea groups is 1. The van der Waals surface area contributed by atoms with E-state index in [0.717, 1.165) is 31.5 Å². The molecule has 0 N–H and O–H groups in total. The monoisotopic (exact) mass is 314 g/mol. The smallest absolute Gasteiger partial charge is 0.319 e. The molecule has 0 atom stereocenters. The number of likely N-dealkylation sites (tertiary alicyclic amines) is 1. The molecule has 1 saturated heterocycles. The normalized spacial score (nSPS) is 15.7. The molecule has 0 unspecified atom stereocenters. The molecule has 1 aromatic heterocycles. The summed E-state index contributed by atoms with van der Waals surface area (Å²) in [6, 6.07) is 8.15. The van der Waals surface area contributed by atoms with Crippen LogP contribution in [0.4, 0.5) is 4.79 Å². The third-order valence-electron chi connectivity index (χ3n) is 4.25. The van der Waals surface area contributed by atoms with Gasteiger partial charge in [-0.25, -0.2) is 4.79 Å². The molecule has 1 aliphatic rings. The fourth-order valence-electron chi connectivity index (χ4n) is 2.82. The Balaban J connectivity index is 1.66. The van der Waals surface area contributed by atoms with Gasteiger partial charge in [0.25, 0.3) is 0 Å². The number of hydrogen-bond acceptors (Lipinski definition) is 4. The van der Waals surface area contributed by atoms with Crippen LogP contribution in [0, 0.1) is 6.92 Å². The molecule has 0 bridgehead atoms. The summed E-state index contributed by atoms with van der Waals surface area (Å²) in [4.78, 5) is 20.0. The summed E-state index contributed by atoms with van der Waals surface area (Å²) < 4.78 is 5.46. The van der Waals surface area contributed by atoms with E-state index in [0.29, 0.717) is 11.7 Å². The minimum atomic E-state index is 0.0642. The topological polar surface area (TPSA) is 62.5 Å². The molecule has 2 amide bonds. The van der Waals surface area contributed by atoms with E-state index in [-0.39, 0.29) is 11.9 Å². The molecule has 23 heavy (non-hydrogen) atoms. The van der Waals surface area contributed by atoms with Gasteiger partial charge < -0.3 is 14.3 Å². The van der Waals surface area contributed by atoms with Crippen molar-refractivity contribution in [2.45, 2.75) is 25.7 Å². The highest BCUT2D eigenvalue weighted by Crippen LogP contribution is 2.28. The number of nitrogens with zero attached hydrogens (tertiary/aromatic N) is 4. The summed E-state index contributed by atoms with van der Waals surface area (Å²) >= 11 is 0. The Morgan fingerprint density at radius 2 is 1.87 bits per heavy atom. The second-order valence-corrected chi connectivity index (χ2v) is 6.26. The van der Waals surface area contributed by atoms with E-state index in [1.54, 1.807) is 19.0 Å². The molecule has 6 heteroatoms. The van der Waals surface area contributed by atoms with Gasteiger partial charge in [0.2, 0.25) is 11.7 Å². The van der Waals surface area contributed by atoms with Crippen LogP contribution in [0.2, 0.25) is 0 Å². The van der Waals surface area contributed by atoms with Crippen molar-refractivity contribution in [1.29, 1.82) is 0 Å². The molecule has 0 radical (unpaired) electrons. The van der Waals surface area contributed by atoms with Crippen LogP contribution in [0.15, 0.2) is 28.8 Å². The Labute approximate surface area is 136 Å². The first-order valence-electron chi connectivity index (χ1n) is 7.91. The second-order valence-electron chi connectivity index (χ2n) is 6.26. The molecule has 6 nitrogen and oxygen atoms in total. The van der Waals surface area contributed by atoms with Gasteiger partial charge in [-0.1, -0.05) is 35.0 Å². The van der Waals surface area contributed by atoms with Crippen LogP contribution in [0.25, 0.3) is 11.4 Å². The molecule has 1 aliphatic heterocycles. The highest BCUT2D eigenvalue weighted by molar-refractivity contribution is 5.73. The molecular formula is C17H22N4O2. The molecule has 3 rings (SSSR count). The van der Waals surface area contributed by atoms with Crippen molar-refractivity contribution in [3.63, 3.8) is 0 Å². The molecule has 1 aromatic carbocycles. The van der Waals surface area contributed by atoms with Gasteiger partial charge in [-0.3, -0.25) is 0 Å². The molecule has 0 aliphatic carbocycles. The van der Waals surface area contributed by atoms with Crippen LogP contribution >= 0.6 is 0 Å². The van der Waals surface area contributed by atoms with Gasteiger partial charge in [-0.15, -0.1) is 0 Å². The van der Waals surface area contributed by atoms with Crippen molar-refractivity contribution in [2.24, 2.45) is 0 Å². The Hall–Kier alpha value is -2.37. The number of benzene rings is 1. The van der Waals surface area contributed by atoms with Gasteiger partial charge in [0.15, 0.2) is 0 Å². The summed E-state index contributed by atoms with van der Waals surface area (Å²) in [6.45, 7) is 3.50. The van der Waals surface area contributed by atoms with E-state index in [1.165, 1.54) is 5.56 Å². The van der Waals surface area contributed by atoms with Crippen molar-refractivity contribution >= 4 is 6.03 Å².